The van der Waals surface area contributed by atoms with Crippen LogP contribution in [0.5, 0.6) is 0 Å². The van der Waals surface area contributed by atoms with Crippen LogP contribution in [-0.2, 0) is 12.7 Å². The van der Waals surface area contributed by atoms with E-state index in [2.05, 4.69) is 4.90 Å². The molecule has 3 rings (SSSR count). The van der Waals surface area contributed by atoms with Crippen LogP contribution in [0, 0.1) is 0 Å². The van der Waals surface area contributed by atoms with Crippen molar-refractivity contribution in [2.75, 3.05) is 45.2 Å². The van der Waals surface area contributed by atoms with E-state index in [0.717, 1.165) is 36.3 Å². The number of anilines is 1. The minimum Gasteiger partial charge on any atom is -0.378 e. The largest absolute Gasteiger partial charge is 0.416 e. The molecule has 4 nitrogen and oxygen atoms in total. The molecule has 2 aromatic carbocycles. The number of halogens is 3. The molecule has 1 aliphatic heterocycles. The highest BCUT2D eigenvalue weighted by Crippen LogP contribution is 2.29. The van der Waals surface area contributed by atoms with Gasteiger partial charge >= 0.3 is 6.18 Å². The highest BCUT2D eigenvalue weighted by atomic mass is 19.4. The van der Waals surface area contributed by atoms with E-state index in [1.807, 2.05) is 48.2 Å². The van der Waals surface area contributed by atoms with Crippen LogP contribution in [0.2, 0.25) is 0 Å². The number of carbonyl (C=O) groups excluding carboxylic acids is 1. The number of nitrogens with zero attached hydrogens (tertiary/aromatic N) is 3. The van der Waals surface area contributed by atoms with Crippen molar-refractivity contribution >= 4 is 11.6 Å². The molecule has 1 fully saturated rings. The number of rotatable bonds is 4. The fraction of sp³-hybridized carbons (Fsp3) is 0.409. The summed E-state index contributed by atoms with van der Waals surface area (Å²) in [7, 11) is 3.91. The summed E-state index contributed by atoms with van der Waals surface area (Å²) in [6, 6.07) is 12.9. The molecule has 1 amide bonds. The molecule has 0 atom stereocenters. The van der Waals surface area contributed by atoms with Gasteiger partial charge in [0.05, 0.1) is 5.56 Å². The van der Waals surface area contributed by atoms with Crippen LogP contribution in [-0.4, -0.2) is 56.0 Å². The van der Waals surface area contributed by atoms with Gasteiger partial charge in [-0.15, -0.1) is 0 Å². The molecule has 7 heteroatoms. The van der Waals surface area contributed by atoms with E-state index in [1.165, 1.54) is 12.1 Å². The molecule has 0 N–H and O–H groups in total. The van der Waals surface area contributed by atoms with Crippen LogP contribution in [0.3, 0.4) is 0 Å². The predicted octanol–water partition coefficient (Wildman–Crippen LogP) is 4.12. The Bertz CT molecular complexity index is 817. The minimum atomic E-state index is -4.31. The van der Waals surface area contributed by atoms with Crippen molar-refractivity contribution in [3.05, 3.63) is 65.2 Å². The molecule has 1 heterocycles. The quantitative estimate of drug-likeness (QED) is 0.766. The van der Waals surface area contributed by atoms with Crippen LogP contribution in [0.1, 0.15) is 27.9 Å². The number of hydrogen-bond donors (Lipinski definition) is 0. The maximum Gasteiger partial charge on any atom is 0.416 e. The zero-order valence-electron chi connectivity index (χ0n) is 16.7. The first-order valence-corrected chi connectivity index (χ1v) is 9.69. The second kappa shape index (κ2) is 8.86. The Labute approximate surface area is 169 Å². The zero-order valence-corrected chi connectivity index (χ0v) is 16.7. The van der Waals surface area contributed by atoms with Gasteiger partial charge in [-0.2, -0.15) is 13.2 Å². The lowest BCUT2D eigenvalue weighted by Gasteiger charge is -2.22. The SMILES string of the molecule is CN(C)c1ccc(C(=O)N2CCCN(Cc3ccc(C(F)(F)F)cc3)CC2)cc1. The number of hydrogen-bond acceptors (Lipinski definition) is 3. The third kappa shape index (κ3) is 5.50. The molecule has 0 saturated carbocycles. The van der Waals surface area contributed by atoms with E-state index in [-0.39, 0.29) is 5.91 Å². The molecule has 0 aliphatic carbocycles. The number of carbonyl (C=O) groups is 1. The summed E-state index contributed by atoms with van der Waals surface area (Å²) in [5.74, 6) is 0.0201. The molecule has 1 aliphatic rings. The molecule has 156 valence electrons. The molecular formula is C22H26F3N3O. The van der Waals surface area contributed by atoms with E-state index >= 15 is 0 Å². The third-order valence-electron chi connectivity index (χ3n) is 5.19. The summed E-state index contributed by atoms with van der Waals surface area (Å²) >= 11 is 0. The van der Waals surface area contributed by atoms with Crippen LogP contribution >= 0.6 is 0 Å². The van der Waals surface area contributed by atoms with Crippen molar-refractivity contribution < 1.29 is 18.0 Å². The fourth-order valence-electron chi connectivity index (χ4n) is 3.47. The Hall–Kier alpha value is -2.54. The molecular weight excluding hydrogens is 379 g/mol. The van der Waals surface area contributed by atoms with Crippen LogP contribution in [0.4, 0.5) is 18.9 Å². The summed E-state index contributed by atoms with van der Waals surface area (Å²) in [4.78, 5) is 18.8. The maximum atomic E-state index is 12.8. The third-order valence-corrected chi connectivity index (χ3v) is 5.19. The predicted molar refractivity (Wildman–Crippen MR) is 108 cm³/mol. The van der Waals surface area contributed by atoms with E-state index in [9.17, 15) is 18.0 Å². The van der Waals surface area contributed by atoms with Gasteiger partial charge < -0.3 is 9.80 Å². The van der Waals surface area contributed by atoms with Gasteiger partial charge in [-0.3, -0.25) is 9.69 Å². The van der Waals surface area contributed by atoms with Gasteiger partial charge in [-0.05, 0) is 48.4 Å². The first-order chi connectivity index (χ1) is 13.7. The summed E-state index contributed by atoms with van der Waals surface area (Å²) in [5.41, 5.74) is 1.93. The van der Waals surface area contributed by atoms with Gasteiger partial charge in [-0.25, -0.2) is 0 Å². The molecule has 2 aromatic rings. The lowest BCUT2D eigenvalue weighted by molar-refractivity contribution is -0.137. The molecule has 0 unspecified atom stereocenters. The number of amides is 1. The molecule has 0 spiro atoms. The zero-order chi connectivity index (χ0) is 21.0. The number of alkyl halides is 3. The second-order valence-corrected chi connectivity index (χ2v) is 7.56. The van der Waals surface area contributed by atoms with Gasteiger partial charge in [0.1, 0.15) is 0 Å². The second-order valence-electron chi connectivity index (χ2n) is 7.56. The monoisotopic (exact) mass is 405 g/mol. The average Bonchev–Trinajstić information content (AvgIpc) is 2.93. The highest BCUT2D eigenvalue weighted by molar-refractivity contribution is 5.94. The normalized spacial score (nSPS) is 15.8. The Morgan fingerprint density at radius 2 is 1.59 bits per heavy atom. The van der Waals surface area contributed by atoms with Gasteiger partial charge in [0, 0.05) is 58.1 Å². The van der Waals surface area contributed by atoms with E-state index in [1.54, 1.807) is 0 Å². The Morgan fingerprint density at radius 3 is 2.17 bits per heavy atom. The molecule has 29 heavy (non-hydrogen) atoms. The van der Waals surface area contributed by atoms with Crippen molar-refractivity contribution in [2.45, 2.75) is 19.1 Å². The first-order valence-electron chi connectivity index (χ1n) is 9.69. The molecule has 0 bridgehead atoms. The van der Waals surface area contributed by atoms with Gasteiger partial charge in [0.25, 0.3) is 5.91 Å². The fourth-order valence-corrected chi connectivity index (χ4v) is 3.47. The van der Waals surface area contributed by atoms with Crippen LogP contribution < -0.4 is 4.90 Å². The van der Waals surface area contributed by atoms with Crippen molar-refractivity contribution in [3.63, 3.8) is 0 Å². The van der Waals surface area contributed by atoms with Gasteiger partial charge in [0.2, 0.25) is 0 Å². The topological polar surface area (TPSA) is 26.8 Å². The van der Waals surface area contributed by atoms with E-state index < -0.39 is 11.7 Å². The standard InChI is InChI=1S/C22H26F3N3O/c1-26(2)20-10-6-18(7-11-20)21(29)28-13-3-12-27(14-15-28)16-17-4-8-19(9-5-17)22(23,24)25/h4-11H,3,12-16H2,1-2H3. The maximum absolute atomic E-state index is 12.8. The molecule has 0 aromatic heterocycles. The van der Waals surface area contributed by atoms with Gasteiger partial charge in [-0.1, -0.05) is 12.1 Å². The van der Waals surface area contributed by atoms with Crippen molar-refractivity contribution in [1.82, 2.24) is 9.80 Å². The van der Waals surface area contributed by atoms with Gasteiger partial charge in [0.15, 0.2) is 0 Å². The highest BCUT2D eigenvalue weighted by Gasteiger charge is 2.30. The summed E-state index contributed by atoms with van der Waals surface area (Å²) in [6.45, 7) is 3.37. The minimum absolute atomic E-state index is 0.0201. The average molecular weight is 405 g/mol. The van der Waals surface area contributed by atoms with Crippen LogP contribution in [0.25, 0.3) is 0 Å². The Balaban J connectivity index is 1.57. The smallest absolute Gasteiger partial charge is 0.378 e. The first kappa shape index (κ1) is 21.2. The van der Waals surface area contributed by atoms with E-state index in [0.29, 0.717) is 31.7 Å². The van der Waals surface area contributed by atoms with Crippen molar-refractivity contribution in [1.29, 1.82) is 0 Å². The Morgan fingerprint density at radius 1 is 0.931 bits per heavy atom. The number of benzene rings is 2. The molecule has 1 saturated heterocycles. The van der Waals surface area contributed by atoms with E-state index in [4.69, 9.17) is 0 Å². The van der Waals surface area contributed by atoms with Crippen LogP contribution in [0.15, 0.2) is 48.5 Å². The van der Waals surface area contributed by atoms with Crippen molar-refractivity contribution in [3.8, 4) is 0 Å². The molecule has 0 radical (unpaired) electrons. The summed E-state index contributed by atoms with van der Waals surface area (Å²) in [5, 5.41) is 0. The lowest BCUT2D eigenvalue weighted by atomic mass is 10.1. The summed E-state index contributed by atoms with van der Waals surface area (Å²) in [6.07, 6.45) is -3.48. The Kier molecular flexibility index (Phi) is 6.47. The van der Waals surface area contributed by atoms with Crippen molar-refractivity contribution in [2.24, 2.45) is 0 Å². The summed E-state index contributed by atoms with van der Waals surface area (Å²) < 4.78 is 38.1. The lowest BCUT2D eigenvalue weighted by Crippen LogP contribution is -2.35.